The van der Waals surface area contributed by atoms with Crippen molar-refractivity contribution in [3.63, 3.8) is 0 Å². The normalized spacial score (nSPS) is 12.4. The molecule has 0 aliphatic heterocycles. The van der Waals surface area contributed by atoms with Crippen LogP contribution in [0, 0.1) is 0 Å². The summed E-state index contributed by atoms with van der Waals surface area (Å²) in [5.74, 6) is 0.497. The second kappa shape index (κ2) is 14.7. The minimum Gasteiger partial charge on any atom is -0.490 e. The molecule has 0 bridgehead atoms. The van der Waals surface area contributed by atoms with Gasteiger partial charge in [-0.05, 0) is 86.3 Å². The van der Waals surface area contributed by atoms with Gasteiger partial charge in [-0.25, -0.2) is 19.3 Å². The molecule has 0 unspecified atom stereocenters. The van der Waals surface area contributed by atoms with Crippen molar-refractivity contribution in [1.29, 1.82) is 0 Å². The quantitative estimate of drug-likeness (QED) is 0.179. The van der Waals surface area contributed by atoms with Crippen molar-refractivity contribution in [1.82, 2.24) is 4.90 Å². The predicted octanol–water partition coefficient (Wildman–Crippen LogP) is 6.30. The van der Waals surface area contributed by atoms with Crippen LogP contribution in [0.15, 0.2) is 18.2 Å². The van der Waals surface area contributed by atoms with Crippen LogP contribution in [0.2, 0.25) is 0 Å². The first-order valence-electron chi connectivity index (χ1n) is 13.0. The third-order valence-electron chi connectivity index (χ3n) is 4.78. The second-order valence-corrected chi connectivity index (χ2v) is 10.7. The molecule has 0 heterocycles. The van der Waals surface area contributed by atoms with Crippen molar-refractivity contribution >= 4 is 18.2 Å². The van der Waals surface area contributed by atoms with Crippen molar-refractivity contribution in [3.05, 3.63) is 23.8 Å². The largest absolute Gasteiger partial charge is 0.490 e. The summed E-state index contributed by atoms with van der Waals surface area (Å²) in [6, 6.07) is 5.50. The highest BCUT2D eigenvalue weighted by atomic mass is 16.6. The summed E-state index contributed by atoms with van der Waals surface area (Å²) in [6.07, 6.45) is 0.308. The molecule has 37 heavy (non-hydrogen) atoms. The third-order valence-corrected chi connectivity index (χ3v) is 4.78. The number of esters is 1. The average molecular weight is 524 g/mol. The number of carbonyl (C=O) groups is 3. The fraction of sp³-hybridized carbons (Fsp3) is 0.679. The number of ether oxygens (including phenoxy) is 5. The molecule has 0 radical (unpaired) electrons. The number of amides is 2. The highest BCUT2D eigenvalue weighted by Crippen LogP contribution is 2.33. The van der Waals surface area contributed by atoms with Crippen LogP contribution in [0.1, 0.15) is 87.1 Å². The summed E-state index contributed by atoms with van der Waals surface area (Å²) in [5.41, 5.74) is -0.768. The van der Waals surface area contributed by atoms with E-state index in [0.29, 0.717) is 30.9 Å². The number of aryl methyl sites for hydroxylation is 1. The molecule has 1 atom stereocenters. The number of carbonyl (C=O) groups excluding carboxylic acids is 3. The maximum atomic E-state index is 12.8. The number of unbranched alkanes of at least 4 members (excludes halogenated alkanes) is 1. The van der Waals surface area contributed by atoms with E-state index >= 15 is 0 Å². The Hall–Kier alpha value is -2.97. The molecule has 0 spiro atoms. The molecule has 0 aliphatic rings. The van der Waals surface area contributed by atoms with Crippen molar-refractivity contribution in [2.45, 2.75) is 105 Å². The zero-order chi connectivity index (χ0) is 28.2. The second-order valence-electron chi connectivity index (χ2n) is 10.7. The van der Waals surface area contributed by atoms with E-state index in [0.717, 1.165) is 23.3 Å². The average Bonchev–Trinajstić information content (AvgIpc) is 2.76. The van der Waals surface area contributed by atoms with Crippen molar-refractivity contribution in [2.75, 3.05) is 19.8 Å². The molecule has 1 aromatic rings. The van der Waals surface area contributed by atoms with E-state index < -0.39 is 35.5 Å². The van der Waals surface area contributed by atoms with E-state index in [9.17, 15) is 14.4 Å². The van der Waals surface area contributed by atoms with Crippen molar-refractivity contribution < 1.29 is 38.1 Å². The number of nitrogens with zero attached hydrogens (tertiary/aromatic N) is 1. The van der Waals surface area contributed by atoms with Crippen LogP contribution in [-0.4, -0.2) is 60.1 Å². The summed E-state index contributed by atoms with van der Waals surface area (Å²) in [6.45, 7) is 16.6. The molecule has 0 aromatic heterocycles. The highest BCUT2D eigenvalue weighted by Gasteiger charge is 2.31. The molecule has 9 heteroatoms. The Kier molecular flexibility index (Phi) is 12.7. The molecule has 2 amide bonds. The zero-order valence-corrected chi connectivity index (χ0v) is 24.0. The molecular formula is C28H45NO8. The summed E-state index contributed by atoms with van der Waals surface area (Å²) >= 11 is 0. The summed E-state index contributed by atoms with van der Waals surface area (Å²) in [7, 11) is 0. The number of imide groups is 1. The predicted molar refractivity (Wildman–Crippen MR) is 141 cm³/mol. The monoisotopic (exact) mass is 523 g/mol. The fourth-order valence-corrected chi connectivity index (χ4v) is 3.14. The molecule has 0 aliphatic carbocycles. The van der Waals surface area contributed by atoms with Crippen LogP contribution in [0.5, 0.6) is 11.5 Å². The van der Waals surface area contributed by atoms with Gasteiger partial charge in [-0.2, -0.15) is 0 Å². The van der Waals surface area contributed by atoms with Gasteiger partial charge in [0.05, 0.1) is 13.2 Å². The topological polar surface area (TPSA) is 101 Å². The van der Waals surface area contributed by atoms with E-state index in [-0.39, 0.29) is 13.2 Å². The lowest BCUT2D eigenvalue weighted by molar-refractivity contribution is -0.150. The maximum absolute atomic E-state index is 12.8. The van der Waals surface area contributed by atoms with Gasteiger partial charge in [0, 0.05) is 6.54 Å². The Morgan fingerprint density at radius 2 is 1.51 bits per heavy atom. The van der Waals surface area contributed by atoms with Gasteiger partial charge in [-0.1, -0.05) is 25.5 Å². The Balaban J connectivity index is 3.12. The molecule has 0 saturated carbocycles. The Bertz CT molecular complexity index is 857. The number of rotatable bonds is 12. The summed E-state index contributed by atoms with van der Waals surface area (Å²) < 4.78 is 27.9. The molecule has 0 N–H and O–H groups in total. The van der Waals surface area contributed by atoms with Gasteiger partial charge in [0.25, 0.3) is 0 Å². The number of para-hydroxylation sites is 1. The number of benzene rings is 1. The van der Waals surface area contributed by atoms with Crippen molar-refractivity contribution in [2.24, 2.45) is 0 Å². The third kappa shape index (κ3) is 12.2. The highest BCUT2D eigenvalue weighted by molar-refractivity contribution is 5.88. The molecule has 0 saturated heterocycles. The lowest BCUT2D eigenvalue weighted by Crippen LogP contribution is -2.44. The minimum absolute atomic E-state index is 0.0671. The maximum Gasteiger partial charge on any atom is 0.419 e. The van der Waals surface area contributed by atoms with E-state index in [2.05, 4.69) is 6.92 Å². The molecular weight excluding hydrogens is 478 g/mol. The zero-order valence-electron chi connectivity index (χ0n) is 24.0. The lowest BCUT2D eigenvalue weighted by Gasteiger charge is -2.28. The Labute approximate surface area is 221 Å². The SMILES string of the molecule is CCCCOc1cccc(CCCN(C(=O)OC(C)(C)C)C(=O)OC(C)(C)C)c1O[C@H](C)C(=O)OCC. The minimum atomic E-state index is -0.838. The molecule has 9 nitrogen and oxygen atoms in total. The number of hydrogen-bond donors (Lipinski definition) is 0. The first-order chi connectivity index (χ1) is 17.2. The standard InChI is InChI=1S/C28H45NO8/c1-10-12-19-34-22-17-13-15-21(23(22)35-20(3)24(30)33-11-2)16-14-18-29(25(31)36-27(4,5)6)26(32)37-28(7,8)9/h13,15,17,20H,10-12,14,16,18-19H2,1-9H3/t20-/m1/s1. The summed E-state index contributed by atoms with van der Waals surface area (Å²) in [5, 5.41) is 0. The van der Waals surface area contributed by atoms with E-state index in [4.69, 9.17) is 23.7 Å². The smallest absolute Gasteiger partial charge is 0.419 e. The molecule has 0 fully saturated rings. The van der Waals surface area contributed by atoms with Gasteiger partial charge in [-0.3, -0.25) is 0 Å². The van der Waals surface area contributed by atoms with Gasteiger partial charge >= 0.3 is 18.2 Å². The first-order valence-corrected chi connectivity index (χ1v) is 13.0. The Morgan fingerprint density at radius 1 is 0.919 bits per heavy atom. The molecule has 210 valence electrons. The van der Waals surface area contributed by atoms with Gasteiger partial charge in [0.2, 0.25) is 0 Å². The van der Waals surface area contributed by atoms with Crippen molar-refractivity contribution in [3.8, 4) is 11.5 Å². The lowest BCUT2D eigenvalue weighted by atomic mass is 10.1. The van der Waals surface area contributed by atoms with Crippen LogP contribution >= 0.6 is 0 Å². The van der Waals surface area contributed by atoms with Gasteiger partial charge < -0.3 is 23.7 Å². The van der Waals surface area contributed by atoms with Gasteiger partial charge in [0.1, 0.15) is 11.2 Å². The number of hydrogen-bond acceptors (Lipinski definition) is 8. The van der Waals surface area contributed by atoms with E-state index in [1.165, 1.54) is 0 Å². The van der Waals surface area contributed by atoms with Crippen LogP contribution in [0.25, 0.3) is 0 Å². The summed E-state index contributed by atoms with van der Waals surface area (Å²) in [4.78, 5) is 38.8. The Morgan fingerprint density at radius 3 is 2.03 bits per heavy atom. The molecule has 1 rings (SSSR count). The van der Waals surface area contributed by atoms with Gasteiger partial charge in [-0.15, -0.1) is 0 Å². The van der Waals surface area contributed by atoms with E-state index in [1.807, 2.05) is 12.1 Å². The molecule has 1 aromatic carbocycles. The van der Waals surface area contributed by atoms with Crippen LogP contribution in [-0.2, 0) is 25.4 Å². The van der Waals surface area contributed by atoms with Crippen LogP contribution in [0.4, 0.5) is 9.59 Å². The first kappa shape index (κ1) is 32.1. The van der Waals surface area contributed by atoms with Gasteiger partial charge in [0.15, 0.2) is 17.6 Å². The van der Waals surface area contributed by atoms with Crippen LogP contribution < -0.4 is 9.47 Å². The van der Waals surface area contributed by atoms with E-state index in [1.54, 1.807) is 61.5 Å². The fourth-order valence-electron chi connectivity index (χ4n) is 3.14. The van der Waals surface area contributed by atoms with Crippen LogP contribution in [0.3, 0.4) is 0 Å².